The Kier molecular flexibility index (Phi) is 5.40. The van der Waals surface area contributed by atoms with E-state index in [1.165, 1.54) is 55.1 Å². The third kappa shape index (κ3) is 3.23. The SMILES string of the molecule is COCCC1C(CCO)c2ccc3ccccc3c2-c2c3c(nc[n+]21)-c1cc2ccccc2cc1C3(C)C. The molecule has 0 radical (unpaired) electrons. The summed E-state index contributed by atoms with van der Waals surface area (Å²) in [4.78, 5) is 5.18. The summed E-state index contributed by atoms with van der Waals surface area (Å²) in [5, 5.41) is 15.1. The first-order valence-corrected chi connectivity index (χ1v) is 13.6. The van der Waals surface area contributed by atoms with Gasteiger partial charge in [0.15, 0.2) is 5.69 Å². The summed E-state index contributed by atoms with van der Waals surface area (Å²) in [7, 11) is 1.77. The average molecular weight is 502 g/mol. The van der Waals surface area contributed by atoms with E-state index in [1.54, 1.807) is 7.11 Å². The van der Waals surface area contributed by atoms with Crippen LogP contribution in [0.25, 0.3) is 44.1 Å². The fraction of sp³-hybridized carbons (Fsp3) is 0.294. The molecule has 4 nitrogen and oxygen atoms in total. The molecule has 1 aliphatic carbocycles. The highest BCUT2D eigenvalue weighted by molar-refractivity contribution is 6.01. The molecule has 1 aliphatic heterocycles. The van der Waals surface area contributed by atoms with Crippen molar-refractivity contribution in [2.75, 3.05) is 20.3 Å². The van der Waals surface area contributed by atoms with Gasteiger partial charge in [-0.05, 0) is 56.2 Å². The predicted octanol–water partition coefficient (Wildman–Crippen LogP) is 6.71. The summed E-state index contributed by atoms with van der Waals surface area (Å²) in [5.41, 5.74) is 8.62. The highest BCUT2D eigenvalue weighted by Gasteiger charge is 2.48. The van der Waals surface area contributed by atoms with Gasteiger partial charge in [0.05, 0.1) is 12.2 Å². The van der Waals surface area contributed by atoms with Crippen LogP contribution in [0.5, 0.6) is 0 Å². The van der Waals surface area contributed by atoms with Gasteiger partial charge in [0.25, 0.3) is 6.33 Å². The monoisotopic (exact) mass is 501 g/mol. The Bertz CT molecular complexity index is 1720. The van der Waals surface area contributed by atoms with E-state index in [2.05, 4.69) is 97.5 Å². The van der Waals surface area contributed by atoms with E-state index in [0.29, 0.717) is 13.0 Å². The number of aliphatic hydroxyl groups excluding tert-OH is 1. The standard InChI is InChI=1S/C34H33N2O2/c1-34(2)28-19-23-10-5-4-9-22(23)18-27(28)32-31(34)33-30-24-11-7-6-8-21(24)12-13-26(30)25(14-16-37)29(15-17-38-3)36(33)20-35-32/h4-13,18-20,25,29,37H,14-17H2,1-3H3/q+1. The number of rotatable bonds is 5. The third-order valence-electron chi connectivity index (χ3n) is 8.96. The number of ether oxygens (including phenoxy) is 1. The molecule has 5 aromatic rings. The molecule has 0 spiro atoms. The summed E-state index contributed by atoms with van der Waals surface area (Å²) in [5.74, 6) is 0.182. The average Bonchev–Trinajstić information content (AvgIpc) is 3.16. The van der Waals surface area contributed by atoms with Crippen molar-refractivity contribution in [3.63, 3.8) is 0 Å². The van der Waals surface area contributed by atoms with Gasteiger partial charge in [0.2, 0.25) is 0 Å². The van der Waals surface area contributed by atoms with Crippen LogP contribution >= 0.6 is 0 Å². The van der Waals surface area contributed by atoms with Crippen LogP contribution in [0.15, 0.2) is 79.1 Å². The number of methoxy groups -OCH3 is 1. The molecule has 2 atom stereocenters. The van der Waals surface area contributed by atoms with E-state index < -0.39 is 0 Å². The van der Waals surface area contributed by atoms with E-state index in [4.69, 9.17) is 9.72 Å². The first-order chi connectivity index (χ1) is 18.5. The fourth-order valence-corrected chi connectivity index (χ4v) is 7.20. The zero-order valence-corrected chi connectivity index (χ0v) is 22.2. The van der Waals surface area contributed by atoms with Crippen LogP contribution < -0.4 is 4.57 Å². The predicted molar refractivity (Wildman–Crippen MR) is 152 cm³/mol. The summed E-state index contributed by atoms with van der Waals surface area (Å²) in [6, 6.07) is 26.7. The molecule has 2 heterocycles. The van der Waals surface area contributed by atoms with E-state index >= 15 is 0 Å². The molecule has 1 N–H and O–H groups in total. The molecule has 2 aliphatic rings. The van der Waals surface area contributed by atoms with Gasteiger partial charge in [-0.2, -0.15) is 0 Å². The minimum atomic E-state index is -0.218. The van der Waals surface area contributed by atoms with Crippen LogP contribution in [0.3, 0.4) is 0 Å². The lowest BCUT2D eigenvalue weighted by Gasteiger charge is -2.35. The molecule has 0 saturated heterocycles. The van der Waals surface area contributed by atoms with Gasteiger partial charge in [0, 0.05) is 42.6 Å². The first kappa shape index (κ1) is 23.5. The number of fused-ring (bicyclic) bond motifs is 10. The van der Waals surface area contributed by atoms with Crippen LogP contribution in [0.1, 0.15) is 55.3 Å². The van der Waals surface area contributed by atoms with E-state index in [9.17, 15) is 5.11 Å². The Labute approximate surface area is 223 Å². The number of hydrogen-bond donors (Lipinski definition) is 1. The normalized spacial score (nSPS) is 18.7. The van der Waals surface area contributed by atoms with Crippen molar-refractivity contribution in [1.29, 1.82) is 0 Å². The third-order valence-corrected chi connectivity index (χ3v) is 8.96. The zero-order chi connectivity index (χ0) is 26.0. The fourth-order valence-electron chi connectivity index (χ4n) is 7.20. The summed E-state index contributed by atoms with van der Waals surface area (Å²) >= 11 is 0. The highest BCUT2D eigenvalue weighted by Crippen LogP contribution is 2.55. The van der Waals surface area contributed by atoms with Crippen molar-refractivity contribution in [1.82, 2.24) is 4.98 Å². The molecule has 7 rings (SSSR count). The molecule has 190 valence electrons. The van der Waals surface area contributed by atoms with Crippen molar-refractivity contribution in [2.45, 2.75) is 44.1 Å². The van der Waals surface area contributed by atoms with Gasteiger partial charge in [-0.15, -0.1) is 0 Å². The van der Waals surface area contributed by atoms with Crippen molar-refractivity contribution in [2.24, 2.45) is 0 Å². The molecule has 4 heteroatoms. The molecule has 4 aromatic carbocycles. The van der Waals surface area contributed by atoms with Gasteiger partial charge in [-0.1, -0.05) is 74.5 Å². The largest absolute Gasteiger partial charge is 0.396 e. The van der Waals surface area contributed by atoms with Crippen molar-refractivity contribution in [3.8, 4) is 22.5 Å². The van der Waals surface area contributed by atoms with Crippen LogP contribution in [0.2, 0.25) is 0 Å². The first-order valence-electron chi connectivity index (χ1n) is 13.6. The van der Waals surface area contributed by atoms with E-state index in [1.807, 2.05) is 0 Å². The van der Waals surface area contributed by atoms with E-state index in [0.717, 1.165) is 12.1 Å². The van der Waals surface area contributed by atoms with Crippen LogP contribution in [-0.2, 0) is 10.2 Å². The smallest absolute Gasteiger partial charge is 0.287 e. The zero-order valence-electron chi connectivity index (χ0n) is 22.2. The number of aliphatic hydroxyl groups is 1. The van der Waals surface area contributed by atoms with Crippen LogP contribution in [0, 0.1) is 0 Å². The Morgan fingerprint density at radius 2 is 1.66 bits per heavy atom. The van der Waals surface area contributed by atoms with Crippen molar-refractivity contribution < 1.29 is 14.4 Å². The number of nitrogens with zero attached hydrogens (tertiary/aromatic N) is 2. The maximum absolute atomic E-state index is 10.1. The summed E-state index contributed by atoms with van der Waals surface area (Å²) in [6.07, 6.45) is 3.63. The van der Waals surface area contributed by atoms with Gasteiger partial charge in [-0.25, -0.2) is 4.57 Å². The maximum atomic E-state index is 10.1. The number of benzene rings is 4. The van der Waals surface area contributed by atoms with E-state index in [-0.39, 0.29) is 24.0 Å². The Balaban J connectivity index is 1.59. The molecular weight excluding hydrogens is 468 g/mol. The Hall–Kier alpha value is -3.60. The van der Waals surface area contributed by atoms with Gasteiger partial charge < -0.3 is 9.84 Å². The minimum absolute atomic E-state index is 0.151. The summed E-state index contributed by atoms with van der Waals surface area (Å²) < 4.78 is 7.99. The Morgan fingerprint density at radius 1 is 0.921 bits per heavy atom. The Morgan fingerprint density at radius 3 is 2.42 bits per heavy atom. The topological polar surface area (TPSA) is 46.2 Å². The van der Waals surface area contributed by atoms with Crippen molar-refractivity contribution in [3.05, 3.63) is 95.8 Å². The maximum Gasteiger partial charge on any atom is 0.287 e. The molecule has 0 saturated carbocycles. The second-order valence-corrected chi connectivity index (χ2v) is 11.3. The lowest BCUT2D eigenvalue weighted by Crippen LogP contribution is -2.50. The summed E-state index contributed by atoms with van der Waals surface area (Å²) in [6.45, 7) is 5.51. The quantitative estimate of drug-likeness (QED) is 0.272. The molecule has 38 heavy (non-hydrogen) atoms. The number of aromatic nitrogens is 2. The molecular formula is C34H33N2O2+. The van der Waals surface area contributed by atoms with Gasteiger partial charge >= 0.3 is 0 Å². The lowest BCUT2D eigenvalue weighted by atomic mass is 9.74. The van der Waals surface area contributed by atoms with Crippen molar-refractivity contribution >= 4 is 21.5 Å². The van der Waals surface area contributed by atoms with Gasteiger partial charge in [0.1, 0.15) is 11.7 Å². The minimum Gasteiger partial charge on any atom is -0.396 e. The van der Waals surface area contributed by atoms with Gasteiger partial charge in [-0.3, -0.25) is 0 Å². The van der Waals surface area contributed by atoms with Crippen LogP contribution in [-0.4, -0.2) is 30.4 Å². The van der Waals surface area contributed by atoms with Crippen LogP contribution in [0.4, 0.5) is 0 Å². The highest BCUT2D eigenvalue weighted by atomic mass is 16.5. The molecule has 0 bridgehead atoms. The lowest BCUT2D eigenvalue weighted by molar-refractivity contribution is -0.722. The second kappa shape index (κ2) is 8.72. The molecule has 1 aromatic heterocycles. The molecule has 2 unspecified atom stereocenters. The molecule has 0 fully saturated rings. The second-order valence-electron chi connectivity index (χ2n) is 11.3. The molecule has 0 amide bonds. The number of hydrogen-bond acceptors (Lipinski definition) is 3.